The van der Waals surface area contributed by atoms with Gasteiger partial charge >= 0.3 is 0 Å². The third-order valence-corrected chi connectivity index (χ3v) is 3.76. The summed E-state index contributed by atoms with van der Waals surface area (Å²) in [7, 11) is 0. The molecule has 1 heterocycles. The van der Waals surface area contributed by atoms with E-state index in [4.69, 9.17) is 5.73 Å². The van der Waals surface area contributed by atoms with Crippen LogP contribution in [0.4, 0.5) is 4.39 Å². The number of amides is 1. The topological polar surface area (TPSA) is 46.3 Å². The molecule has 1 fully saturated rings. The highest BCUT2D eigenvalue weighted by Crippen LogP contribution is 2.17. The Bertz CT molecular complexity index is 450. The van der Waals surface area contributed by atoms with E-state index in [1.54, 1.807) is 12.1 Å². The highest BCUT2D eigenvalue weighted by molar-refractivity contribution is 5.78. The second kappa shape index (κ2) is 6.15. The van der Waals surface area contributed by atoms with Crippen molar-refractivity contribution in [2.45, 2.75) is 32.2 Å². The molecule has 1 amide bonds. The van der Waals surface area contributed by atoms with Crippen molar-refractivity contribution in [3.05, 3.63) is 35.6 Å². The molecule has 2 rings (SSSR count). The second-order valence-electron chi connectivity index (χ2n) is 5.36. The van der Waals surface area contributed by atoms with E-state index < -0.39 is 0 Å². The average molecular weight is 264 g/mol. The van der Waals surface area contributed by atoms with Crippen molar-refractivity contribution in [2.24, 2.45) is 11.7 Å². The predicted molar refractivity (Wildman–Crippen MR) is 73.1 cm³/mol. The maximum atomic E-state index is 13.5. The maximum absolute atomic E-state index is 13.5. The summed E-state index contributed by atoms with van der Waals surface area (Å²) in [5.41, 5.74) is 6.49. The van der Waals surface area contributed by atoms with Gasteiger partial charge in [0, 0.05) is 25.0 Å². The molecule has 1 aromatic carbocycles. The van der Waals surface area contributed by atoms with E-state index >= 15 is 0 Å². The lowest BCUT2D eigenvalue weighted by Gasteiger charge is -2.20. The van der Waals surface area contributed by atoms with Crippen LogP contribution in [-0.2, 0) is 11.2 Å². The van der Waals surface area contributed by atoms with Gasteiger partial charge in [-0.25, -0.2) is 4.39 Å². The van der Waals surface area contributed by atoms with Gasteiger partial charge < -0.3 is 10.6 Å². The molecule has 1 saturated heterocycles. The zero-order valence-electron chi connectivity index (χ0n) is 11.3. The van der Waals surface area contributed by atoms with Crippen LogP contribution in [0.2, 0.25) is 0 Å². The molecular formula is C15H21FN2O. The Morgan fingerprint density at radius 3 is 2.89 bits per heavy atom. The average Bonchev–Trinajstić information content (AvgIpc) is 2.83. The fourth-order valence-corrected chi connectivity index (χ4v) is 2.50. The number of nitrogens with zero attached hydrogens (tertiary/aromatic N) is 1. The van der Waals surface area contributed by atoms with Gasteiger partial charge in [-0.2, -0.15) is 0 Å². The van der Waals surface area contributed by atoms with E-state index in [1.165, 1.54) is 6.07 Å². The zero-order chi connectivity index (χ0) is 13.8. The van der Waals surface area contributed by atoms with Gasteiger partial charge in [0.1, 0.15) is 5.82 Å². The minimum absolute atomic E-state index is 0.0788. The summed E-state index contributed by atoms with van der Waals surface area (Å²) in [5.74, 6) is -0.125. The fourth-order valence-electron chi connectivity index (χ4n) is 2.50. The number of rotatable bonds is 4. The molecule has 2 unspecified atom stereocenters. The largest absolute Gasteiger partial charge is 0.341 e. The summed E-state index contributed by atoms with van der Waals surface area (Å²) in [6.45, 7) is 3.32. The minimum atomic E-state index is -0.189. The maximum Gasteiger partial charge on any atom is 0.225 e. The third kappa shape index (κ3) is 3.53. The van der Waals surface area contributed by atoms with Crippen molar-refractivity contribution in [1.29, 1.82) is 0 Å². The molecule has 2 atom stereocenters. The van der Waals surface area contributed by atoms with Crippen LogP contribution in [0.25, 0.3) is 0 Å². The Hall–Kier alpha value is -1.42. The molecule has 0 saturated carbocycles. The number of likely N-dealkylation sites (tertiary alicyclic amines) is 1. The van der Waals surface area contributed by atoms with Crippen molar-refractivity contribution >= 4 is 5.91 Å². The molecule has 19 heavy (non-hydrogen) atoms. The summed E-state index contributed by atoms with van der Waals surface area (Å²) in [6, 6.07) is 6.85. The van der Waals surface area contributed by atoms with Gasteiger partial charge in [0.05, 0.1) is 0 Å². The van der Waals surface area contributed by atoms with Gasteiger partial charge in [0.2, 0.25) is 5.91 Å². The van der Waals surface area contributed by atoms with Crippen LogP contribution in [-0.4, -0.2) is 29.9 Å². The summed E-state index contributed by atoms with van der Waals surface area (Å²) < 4.78 is 13.5. The normalized spacial score (nSPS) is 20.6. The van der Waals surface area contributed by atoms with Gasteiger partial charge in [-0.1, -0.05) is 25.1 Å². The Labute approximate surface area is 113 Å². The van der Waals surface area contributed by atoms with E-state index in [0.29, 0.717) is 24.9 Å². The van der Waals surface area contributed by atoms with Gasteiger partial charge in [-0.3, -0.25) is 4.79 Å². The van der Waals surface area contributed by atoms with Crippen molar-refractivity contribution < 1.29 is 9.18 Å². The highest BCUT2D eigenvalue weighted by Gasteiger charge is 2.26. The van der Waals surface area contributed by atoms with Crippen molar-refractivity contribution in [1.82, 2.24) is 4.90 Å². The molecule has 104 valence electrons. The van der Waals surface area contributed by atoms with Crippen molar-refractivity contribution in [3.8, 4) is 0 Å². The summed E-state index contributed by atoms with van der Waals surface area (Å²) in [5, 5.41) is 0. The number of hydrogen-bond donors (Lipinski definition) is 1. The molecule has 0 aliphatic carbocycles. The Kier molecular flexibility index (Phi) is 4.53. The smallest absolute Gasteiger partial charge is 0.225 e. The van der Waals surface area contributed by atoms with E-state index in [0.717, 1.165) is 13.0 Å². The molecule has 1 aliphatic rings. The van der Waals surface area contributed by atoms with E-state index in [1.807, 2.05) is 17.9 Å². The standard InChI is InChI=1S/C15H21FN2O/c1-11(15(19)18-9-8-13(17)10-18)6-7-12-4-2-3-5-14(12)16/h2-5,11,13H,6-10,17H2,1H3. The Morgan fingerprint density at radius 2 is 2.26 bits per heavy atom. The van der Waals surface area contributed by atoms with Crippen LogP contribution in [0.5, 0.6) is 0 Å². The Morgan fingerprint density at radius 1 is 1.53 bits per heavy atom. The number of halogens is 1. The quantitative estimate of drug-likeness (QED) is 0.903. The number of carbonyl (C=O) groups excluding carboxylic acids is 1. The lowest BCUT2D eigenvalue weighted by molar-refractivity contribution is -0.134. The first-order valence-electron chi connectivity index (χ1n) is 6.85. The number of aryl methyl sites for hydroxylation is 1. The molecule has 2 N–H and O–H groups in total. The van der Waals surface area contributed by atoms with E-state index in [9.17, 15) is 9.18 Å². The van der Waals surface area contributed by atoms with Crippen LogP contribution < -0.4 is 5.73 Å². The van der Waals surface area contributed by atoms with Crippen molar-refractivity contribution in [3.63, 3.8) is 0 Å². The van der Waals surface area contributed by atoms with Crippen LogP contribution in [0.1, 0.15) is 25.3 Å². The summed E-state index contributed by atoms with van der Waals surface area (Å²) in [4.78, 5) is 14.0. The minimum Gasteiger partial charge on any atom is -0.341 e. The molecule has 1 aliphatic heterocycles. The lowest BCUT2D eigenvalue weighted by Crippen LogP contribution is -2.35. The first kappa shape index (κ1) is 14.0. The molecular weight excluding hydrogens is 243 g/mol. The molecule has 1 aromatic rings. The van der Waals surface area contributed by atoms with Gasteiger partial charge in [0.25, 0.3) is 0 Å². The number of nitrogens with two attached hydrogens (primary N) is 1. The van der Waals surface area contributed by atoms with Gasteiger partial charge in [0.15, 0.2) is 0 Å². The van der Waals surface area contributed by atoms with Crippen LogP contribution in [0.15, 0.2) is 24.3 Å². The predicted octanol–water partition coefficient (Wildman–Crippen LogP) is 1.95. The zero-order valence-corrected chi connectivity index (χ0v) is 11.3. The van der Waals surface area contributed by atoms with Crippen LogP contribution in [0.3, 0.4) is 0 Å². The SMILES string of the molecule is CC(CCc1ccccc1F)C(=O)N1CCC(N)C1. The lowest BCUT2D eigenvalue weighted by atomic mass is 9.99. The molecule has 0 bridgehead atoms. The summed E-state index contributed by atoms with van der Waals surface area (Å²) in [6.07, 6.45) is 2.15. The van der Waals surface area contributed by atoms with Crippen LogP contribution >= 0.6 is 0 Å². The third-order valence-electron chi connectivity index (χ3n) is 3.76. The highest BCUT2D eigenvalue weighted by atomic mass is 19.1. The summed E-state index contributed by atoms with van der Waals surface area (Å²) >= 11 is 0. The van der Waals surface area contributed by atoms with Gasteiger partial charge in [-0.15, -0.1) is 0 Å². The van der Waals surface area contributed by atoms with Crippen molar-refractivity contribution in [2.75, 3.05) is 13.1 Å². The van der Waals surface area contributed by atoms with E-state index in [-0.39, 0.29) is 23.7 Å². The van der Waals surface area contributed by atoms with E-state index in [2.05, 4.69) is 0 Å². The van der Waals surface area contributed by atoms with Crippen LogP contribution in [0, 0.1) is 11.7 Å². The first-order valence-corrected chi connectivity index (χ1v) is 6.85. The molecule has 0 aromatic heterocycles. The van der Waals surface area contributed by atoms with Gasteiger partial charge in [-0.05, 0) is 30.9 Å². The fraction of sp³-hybridized carbons (Fsp3) is 0.533. The number of benzene rings is 1. The monoisotopic (exact) mass is 264 g/mol. The molecule has 0 spiro atoms. The molecule has 0 radical (unpaired) electrons. The molecule has 4 heteroatoms. The Balaban J connectivity index is 1.86. The second-order valence-corrected chi connectivity index (χ2v) is 5.36. The number of hydrogen-bond acceptors (Lipinski definition) is 2. The first-order chi connectivity index (χ1) is 9.08. The number of carbonyl (C=O) groups is 1. The molecule has 3 nitrogen and oxygen atoms in total.